The van der Waals surface area contributed by atoms with Gasteiger partial charge in [0.15, 0.2) is 5.11 Å². The van der Waals surface area contributed by atoms with Gasteiger partial charge < -0.3 is 14.8 Å². The van der Waals surface area contributed by atoms with E-state index in [1.807, 2.05) is 55.6 Å². The summed E-state index contributed by atoms with van der Waals surface area (Å²) in [6.07, 6.45) is 2.04. The van der Waals surface area contributed by atoms with Gasteiger partial charge in [0.05, 0.1) is 11.0 Å². The van der Waals surface area contributed by atoms with E-state index in [4.69, 9.17) is 12.2 Å². The van der Waals surface area contributed by atoms with Crippen molar-refractivity contribution in [3.8, 4) is 0 Å². The summed E-state index contributed by atoms with van der Waals surface area (Å²) in [5.41, 5.74) is 4.11. The molecule has 2 aromatic carbocycles. The Balaban J connectivity index is 1.69. The maximum Gasteiger partial charge on any atom is 0.269 e. The summed E-state index contributed by atoms with van der Waals surface area (Å²) in [6, 6.07) is 18.7. The first-order valence-corrected chi connectivity index (χ1v) is 9.47. The van der Waals surface area contributed by atoms with Crippen molar-refractivity contribution >= 4 is 28.7 Å². The van der Waals surface area contributed by atoms with Gasteiger partial charge in [-0.25, -0.2) is 0 Å². The molecule has 0 aliphatic carbocycles. The molecule has 0 saturated carbocycles. The third-order valence-electron chi connectivity index (χ3n) is 5.00. The Labute approximate surface area is 168 Å². The van der Waals surface area contributed by atoms with E-state index < -0.39 is 0 Å². The van der Waals surface area contributed by atoms with Crippen LogP contribution in [0.15, 0.2) is 66.9 Å². The first-order chi connectivity index (χ1) is 13.5. The van der Waals surface area contributed by atoms with Crippen LogP contribution in [-0.2, 0) is 6.54 Å². The van der Waals surface area contributed by atoms with E-state index in [0.717, 1.165) is 23.5 Å². The number of nitro benzene ring substituents is 1. The van der Waals surface area contributed by atoms with Crippen LogP contribution in [0.2, 0.25) is 0 Å². The van der Waals surface area contributed by atoms with Gasteiger partial charge in [-0.3, -0.25) is 10.1 Å². The topological polar surface area (TPSA) is 63.3 Å². The number of hydrogen-bond acceptors (Lipinski definition) is 3. The molecule has 7 heteroatoms. The molecule has 0 bridgehead atoms. The summed E-state index contributed by atoms with van der Waals surface area (Å²) in [6.45, 7) is 3.56. The molecule has 0 amide bonds. The summed E-state index contributed by atoms with van der Waals surface area (Å²) in [5.74, 6) is 0. The number of non-ortho nitro benzene ring substituents is 1. The molecule has 1 aromatic heterocycles. The minimum atomic E-state index is -0.363. The Bertz CT molecular complexity index is 1030. The highest BCUT2D eigenvalue weighted by atomic mass is 32.1. The van der Waals surface area contributed by atoms with Crippen molar-refractivity contribution in [1.82, 2.24) is 9.47 Å². The zero-order valence-electron chi connectivity index (χ0n) is 15.4. The van der Waals surface area contributed by atoms with E-state index in [0.29, 0.717) is 11.7 Å². The Morgan fingerprint density at radius 3 is 2.68 bits per heavy atom. The lowest BCUT2D eigenvalue weighted by atomic mass is 10.00. The molecule has 3 aromatic rings. The second-order valence-corrected chi connectivity index (χ2v) is 7.26. The molecule has 1 aliphatic heterocycles. The van der Waals surface area contributed by atoms with Gasteiger partial charge in [0.1, 0.15) is 0 Å². The molecule has 1 unspecified atom stereocenters. The van der Waals surface area contributed by atoms with Crippen molar-refractivity contribution in [3.05, 3.63) is 93.8 Å². The molecule has 6 nitrogen and oxygen atoms in total. The fourth-order valence-corrected chi connectivity index (χ4v) is 3.91. The van der Waals surface area contributed by atoms with Crippen molar-refractivity contribution < 1.29 is 4.92 Å². The number of thiocarbonyl (C=S) groups is 1. The molecule has 0 radical (unpaired) electrons. The fourth-order valence-electron chi connectivity index (χ4n) is 3.59. The van der Waals surface area contributed by atoms with Gasteiger partial charge in [0, 0.05) is 42.8 Å². The Morgan fingerprint density at radius 1 is 1.14 bits per heavy atom. The van der Waals surface area contributed by atoms with Gasteiger partial charge in [-0.1, -0.05) is 29.8 Å². The van der Waals surface area contributed by atoms with Gasteiger partial charge in [-0.05, 0) is 49.0 Å². The minimum Gasteiger partial charge on any atom is -0.348 e. The number of nitrogens with zero attached hydrogens (tertiary/aromatic N) is 3. The molecule has 0 spiro atoms. The van der Waals surface area contributed by atoms with E-state index in [1.165, 1.54) is 11.6 Å². The zero-order chi connectivity index (χ0) is 19.7. The monoisotopic (exact) mass is 392 g/mol. The number of anilines is 1. The first kappa shape index (κ1) is 18.2. The lowest BCUT2D eigenvalue weighted by Crippen LogP contribution is -2.44. The molecule has 28 heavy (non-hydrogen) atoms. The summed E-state index contributed by atoms with van der Waals surface area (Å²) in [7, 11) is 0. The molecule has 1 atom stereocenters. The van der Waals surface area contributed by atoms with Crippen molar-refractivity contribution in [2.45, 2.75) is 19.5 Å². The van der Waals surface area contributed by atoms with Crippen molar-refractivity contribution in [3.63, 3.8) is 0 Å². The molecule has 2 heterocycles. The minimum absolute atomic E-state index is 0.0820. The predicted molar refractivity (Wildman–Crippen MR) is 113 cm³/mol. The van der Waals surface area contributed by atoms with Gasteiger partial charge in [0.25, 0.3) is 5.69 Å². The molecule has 4 rings (SSSR count). The number of hydrogen-bond donors (Lipinski definition) is 1. The largest absolute Gasteiger partial charge is 0.348 e. The third-order valence-corrected chi connectivity index (χ3v) is 5.34. The lowest BCUT2D eigenvalue weighted by Gasteiger charge is -2.39. The summed E-state index contributed by atoms with van der Waals surface area (Å²) < 4.78 is 2.18. The Kier molecular flexibility index (Phi) is 4.83. The van der Waals surface area contributed by atoms with Gasteiger partial charge in [-0.2, -0.15) is 0 Å². The van der Waals surface area contributed by atoms with E-state index >= 15 is 0 Å². The maximum absolute atomic E-state index is 11.3. The highest BCUT2D eigenvalue weighted by Gasteiger charge is 2.31. The van der Waals surface area contributed by atoms with E-state index in [2.05, 4.69) is 14.8 Å². The second kappa shape index (κ2) is 7.44. The number of nitro groups is 1. The number of fused-ring (bicyclic) bond motifs is 1. The van der Waals surface area contributed by atoms with Crippen LogP contribution in [0.1, 0.15) is 22.9 Å². The summed E-state index contributed by atoms with van der Waals surface area (Å²) >= 11 is 5.73. The average molecular weight is 392 g/mol. The third kappa shape index (κ3) is 3.48. The van der Waals surface area contributed by atoms with Crippen molar-refractivity contribution in [2.75, 3.05) is 11.9 Å². The van der Waals surface area contributed by atoms with E-state index in [9.17, 15) is 10.1 Å². The van der Waals surface area contributed by atoms with Crippen LogP contribution in [0.4, 0.5) is 11.4 Å². The molecule has 0 saturated heterocycles. The van der Waals surface area contributed by atoms with Crippen LogP contribution in [-0.4, -0.2) is 26.0 Å². The molecular weight excluding hydrogens is 372 g/mol. The molecular formula is C21H20N4O2S. The second-order valence-electron chi connectivity index (χ2n) is 6.87. The van der Waals surface area contributed by atoms with E-state index in [-0.39, 0.29) is 16.7 Å². The highest BCUT2D eigenvalue weighted by molar-refractivity contribution is 7.80. The van der Waals surface area contributed by atoms with Gasteiger partial charge in [0.2, 0.25) is 0 Å². The fraction of sp³-hybridized carbons (Fsp3) is 0.190. The molecule has 1 N–H and O–H groups in total. The molecule has 0 fully saturated rings. The first-order valence-electron chi connectivity index (χ1n) is 9.06. The number of aryl methyl sites for hydroxylation is 1. The van der Waals surface area contributed by atoms with Gasteiger partial charge >= 0.3 is 0 Å². The summed E-state index contributed by atoms with van der Waals surface area (Å²) in [5, 5.41) is 15.2. The van der Waals surface area contributed by atoms with Crippen LogP contribution < -0.4 is 5.32 Å². The average Bonchev–Trinajstić information content (AvgIpc) is 3.17. The molecule has 142 valence electrons. The van der Waals surface area contributed by atoms with Crippen LogP contribution in [0.5, 0.6) is 0 Å². The quantitative estimate of drug-likeness (QED) is 0.404. The molecule has 1 aliphatic rings. The SMILES string of the molecule is Cc1ccc(NC(=S)N2CCn3cccc3C2c2cccc([N+](=O)[O-])c2)cc1. The van der Waals surface area contributed by atoms with Crippen molar-refractivity contribution in [2.24, 2.45) is 0 Å². The standard InChI is InChI=1S/C21H20N4O2S/c1-15-7-9-17(10-8-15)22-21(28)24-13-12-23-11-3-6-19(23)20(24)16-4-2-5-18(14-16)25(26)27/h2-11,14,20H,12-13H2,1H3,(H,22,28). The number of benzene rings is 2. The Hall–Kier alpha value is -3.19. The maximum atomic E-state index is 11.3. The number of nitrogens with one attached hydrogen (secondary N) is 1. The normalized spacial score (nSPS) is 15.8. The number of aromatic nitrogens is 1. The zero-order valence-corrected chi connectivity index (χ0v) is 16.2. The van der Waals surface area contributed by atoms with E-state index in [1.54, 1.807) is 12.1 Å². The van der Waals surface area contributed by atoms with Crippen LogP contribution in [0.25, 0.3) is 0 Å². The van der Waals surface area contributed by atoms with Crippen LogP contribution >= 0.6 is 12.2 Å². The Morgan fingerprint density at radius 2 is 1.93 bits per heavy atom. The highest BCUT2D eigenvalue weighted by Crippen LogP contribution is 2.34. The lowest BCUT2D eigenvalue weighted by molar-refractivity contribution is -0.384. The van der Waals surface area contributed by atoms with Gasteiger partial charge in [-0.15, -0.1) is 0 Å². The smallest absolute Gasteiger partial charge is 0.269 e. The van der Waals surface area contributed by atoms with Crippen LogP contribution in [0.3, 0.4) is 0 Å². The predicted octanol–water partition coefficient (Wildman–Crippen LogP) is 4.51. The summed E-state index contributed by atoms with van der Waals surface area (Å²) in [4.78, 5) is 13.0. The van der Waals surface area contributed by atoms with Crippen molar-refractivity contribution in [1.29, 1.82) is 0 Å². The number of rotatable bonds is 3. The van der Waals surface area contributed by atoms with Crippen LogP contribution in [0, 0.1) is 17.0 Å².